The molecule has 1 aliphatic carbocycles. The van der Waals surface area contributed by atoms with Gasteiger partial charge in [0.2, 0.25) is 5.91 Å². The molecule has 0 radical (unpaired) electrons. The Kier molecular flexibility index (Phi) is 2.51. The highest BCUT2D eigenvalue weighted by Crippen LogP contribution is 2.39. The molecule has 0 unspecified atom stereocenters. The standard InChI is InChI=1S/C14H16N2O2/c1-8(17)16-11-4-3-9-13(18-2)6-5-12-14(9)10(11)7-15-12/h5-7,11,15H,3-4H2,1-2H3,(H,16,17)/t11-/m0/s1. The molecule has 0 saturated heterocycles. The smallest absolute Gasteiger partial charge is 0.217 e. The van der Waals surface area contributed by atoms with E-state index in [0.29, 0.717) is 0 Å². The third-order valence-electron chi connectivity index (χ3n) is 3.60. The van der Waals surface area contributed by atoms with Crippen LogP contribution in [0.3, 0.4) is 0 Å². The summed E-state index contributed by atoms with van der Waals surface area (Å²) in [5.74, 6) is 0.949. The Morgan fingerprint density at radius 2 is 2.33 bits per heavy atom. The number of hydrogen-bond acceptors (Lipinski definition) is 2. The van der Waals surface area contributed by atoms with Gasteiger partial charge in [-0.1, -0.05) is 0 Å². The number of ether oxygens (including phenoxy) is 1. The number of carbonyl (C=O) groups excluding carboxylic acids is 1. The molecule has 2 N–H and O–H groups in total. The quantitative estimate of drug-likeness (QED) is 0.851. The van der Waals surface area contributed by atoms with Crippen molar-refractivity contribution >= 4 is 16.8 Å². The Labute approximate surface area is 105 Å². The second-order valence-corrected chi connectivity index (χ2v) is 4.70. The van der Waals surface area contributed by atoms with Crippen molar-refractivity contribution in [1.29, 1.82) is 0 Å². The second kappa shape index (κ2) is 4.05. The lowest BCUT2D eigenvalue weighted by atomic mass is 9.88. The summed E-state index contributed by atoms with van der Waals surface area (Å²) in [4.78, 5) is 14.5. The molecule has 0 bridgehead atoms. The van der Waals surface area contributed by atoms with Crippen LogP contribution in [0, 0.1) is 0 Å². The maximum atomic E-state index is 11.2. The first-order valence-corrected chi connectivity index (χ1v) is 6.14. The van der Waals surface area contributed by atoms with Crippen LogP contribution in [0.25, 0.3) is 10.9 Å². The maximum Gasteiger partial charge on any atom is 0.217 e. The number of aromatic amines is 1. The number of benzene rings is 1. The second-order valence-electron chi connectivity index (χ2n) is 4.70. The van der Waals surface area contributed by atoms with Crippen LogP contribution in [0.15, 0.2) is 18.3 Å². The van der Waals surface area contributed by atoms with Gasteiger partial charge in [-0.2, -0.15) is 0 Å². The van der Waals surface area contributed by atoms with Crippen molar-refractivity contribution in [2.24, 2.45) is 0 Å². The molecule has 4 nitrogen and oxygen atoms in total. The van der Waals surface area contributed by atoms with Crippen LogP contribution in [0.1, 0.15) is 30.5 Å². The van der Waals surface area contributed by atoms with E-state index in [1.54, 1.807) is 14.0 Å². The molecule has 2 aromatic rings. The Morgan fingerprint density at radius 3 is 3.06 bits per heavy atom. The van der Waals surface area contributed by atoms with Crippen LogP contribution in [-0.4, -0.2) is 18.0 Å². The molecule has 0 saturated carbocycles. The van der Waals surface area contributed by atoms with Crippen LogP contribution < -0.4 is 10.1 Å². The third kappa shape index (κ3) is 1.56. The minimum Gasteiger partial charge on any atom is -0.496 e. The van der Waals surface area contributed by atoms with E-state index in [1.807, 2.05) is 18.3 Å². The van der Waals surface area contributed by atoms with Crippen LogP contribution in [0.4, 0.5) is 0 Å². The van der Waals surface area contributed by atoms with Crippen molar-refractivity contribution in [3.8, 4) is 5.75 Å². The van der Waals surface area contributed by atoms with Gasteiger partial charge < -0.3 is 15.0 Å². The van der Waals surface area contributed by atoms with Gasteiger partial charge in [-0.3, -0.25) is 4.79 Å². The van der Waals surface area contributed by atoms with Crippen molar-refractivity contribution in [3.63, 3.8) is 0 Å². The molecule has 94 valence electrons. The van der Waals surface area contributed by atoms with E-state index in [1.165, 1.54) is 16.5 Å². The third-order valence-corrected chi connectivity index (χ3v) is 3.60. The lowest BCUT2D eigenvalue weighted by Crippen LogP contribution is -2.28. The van der Waals surface area contributed by atoms with Gasteiger partial charge in [-0.25, -0.2) is 0 Å². The van der Waals surface area contributed by atoms with E-state index < -0.39 is 0 Å². The van der Waals surface area contributed by atoms with Crippen LogP contribution in [-0.2, 0) is 11.2 Å². The highest BCUT2D eigenvalue weighted by molar-refractivity contribution is 5.90. The lowest BCUT2D eigenvalue weighted by Gasteiger charge is -2.24. The minimum absolute atomic E-state index is 0.0145. The molecule has 1 aromatic heterocycles. The van der Waals surface area contributed by atoms with E-state index in [9.17, 15) is 4.79 Å². The van der Waals surface area contributed by atoms with Crippen molar-refractivity contribution in [2.45, 2.75) is 25.8 Å². The fourth-order valence-corrected chi connectivity index (χ4v) is 2.86. The number of hydrogen-bond donors (Lipinski definition) is 2. The Balaban J connectivity index is 2.16. The van der Waals surface area contributed by atoms with E-state index >= 15 is 0 Å². The molecule has 1 heterocycles. The van der Waals surface area contributed by atoms with Gasteiger partial charge in [0.25, 0.3) is 0 Å². The molecule has 0 fully saturated rings. The molecule has 1 aliphatic rings. The summed E-state index contributed by atoms with van der Waals surface area (Å²) in [7, 11) is 1.70. The van der Waals surface area contributed by atoms with Gasteiger partial charge in [-0.15, -0.1) is 0 Å². The first-order chi connectivity index (χ1) is 8.70. The lowest BCUT2D eigenvalue weighted by molar-refractivity contribution is -0.119. The van der Waals surface area contributed by atoms with E-state index in [2.05, 4.69) is 10.3 Å². The number of amides is 1. The average Bonchev–Trinajstić information content (AvgIpc) is 2.78. The zero-order chi connectivity index (χ0) is 12.7. The summed E-state index contributed by atoms with van der Waals surface area (Å²) < 4.78 is 5.42. The first kappa shape index (κ1) is 11.1. The normalized spacial score (nSPS) is 17.8. The monoisotopic (exact) mass is 244 g/mol. The number of carbonyl (C=O) groups is 1. The Bertz CT molecular complexity index is 616. The number of aryl methyl sites for hydroxylation is 1. The largest absolute Gasteiger partial charge is 0.496 e. The highest BCUT2D eigenvalue weighted by atomic mass is 16.5. The van der Waals surface area contributed by atoms with Gasteiger partial charge in [0.1, 0.15) is 5.75 Å². The summed E-state index contributed by atoms with van der Waals surface area (Å²) in [5.41, 5.74) is 3.52. The highest BCUT2D eigenvalue weighted by Gasteiger charge is 2.25. The molecule has 1 amide bonds. The van der Waals surface area contributed by atoms with Crippen LogP contribution in [0.5, 0.6) is 5.75 Å². The molecular weight excluding hydrogens is 228 g/mol. The van der Waals surface area contributed by atoms with Crippen LogP contribution >= 0.6 is 0 Å². The zero-order valence-electron chi connectivity index (χ0n) is 10.5. The van der Waals surface area contributed by atoms with Gasteiger partial charge in [0.15, 0.2) is 0 Å². The number of aromatic nitrogens is 1. The van der Waals surface area contributed by atoms with Crippen LogP contribution in [0.2, 0.25) is 0 Å². The Hall–Kier alpha value is -1.97. The van der Waals surface area contributed by atoms with E-state index in [4.69, 9.17) is 4.74 Å². The SMILES string of the molecule is COc1ccc2[nH]cc3c2c1CC[C@@H]3NC(C)=O. The molecule has 3 rings (SSSR count). The summed E-state index contributed by atoms with van der Waals surface area (Å²) in [6, 6.07) is 4.13. The van der Waals surface area contributed by atoms with E-state index in [-0.39, 0.29) is 11.9 Å². The number of H-pyrrole nitrogens is 1. The number of nitrogens with one attached hydrogen (secondary N) is 2. The first-order valence-electron chi connectivity index (χ1n) is 6.14. The Morgan fingerprint density at radius 1 is 1.50 bits per heavy atom. The predicted octanol–water partition coefficient (Wildman–Crippen LogP) is 2.30. The van der Waals surface area contributed by atoms with Crippen molar-refractivity contribution in [1.82, 2.24) is 10.3 Å². The molecular formula is C14H16N2O2. The summed E-state index contributed by atoms with van der Waals surface area (Å²) in [6.45, 7) is 1.56. The zero-order valence-corrected chi connectivity index (χ0v) is 10.5. The molecule has 18 heavy (non-hydrogen) atoms. The van der Waals surface area contributed by atoms with E-state index in [0.717, 1.165) is 24.1 Å². The number of methoxy groups -OCH3 is 1. The summed E-state index contributed by atoms with van der Waals surface area (Å²) in [6.07, 6.45) is 3.84. The molecule has 1 atom stereocenters. The van der Waals surface area contributed by atoms with Gasteiger partial charge in [-0.05, 0) is 25.0 Å². The summed E-state index contributed by atoms with van der Waals surface area (Å²) >= 11 is 0. The maximum absolute atomic E-state index is 11.2. The van der Waals surface area contributed by atoms with Crippen molar-refractivity contribution in [2.75, 3.05) is 7.11 Å². The van der Waals surface area contributed by atoms with Gasteiger partial charge in [0.05, 0.1) is 13.2 Å². The van der Waals surface area contributed by atoms with Crippen molar-refractivity contribution < 1.29 is 9.53 Å². The molecule has 4 heteroatoms. The fourth-order valence-electron chi connectivity index (χ4n) is 2.86. The topological polar surface area (TPSA) is 54.1 Å². The fraction of sp³-hybridized carbons (Fsp3) is 0.357. The van der Waals surface area contributed by atoms with Gasteiger partial charge in [0, 0.05) is 35.2 Å². The molecule has 1 aromatic carbocycles. The van der Waals surface area contributed by atoms with Crippen molar-refractivity contribution in [3.05, 3.63) is 29.5 Å². The predicted molar refractivity (Wildman–Crippen MR) is 69.7 cm³/mol. The summed E-state index contributed by atoms with van der Waals surface area (Å²) in [5, 5.41) is 4.21. The van der Waals surface area contributed by atoms with Gasteiger partial charge >= 0.3 is 0 Å². The molecule has 0 aliphatic heterocycles. The molecule has 0 spiro atoms. The average molecular weight is 244 g/mol. The number of rotatable bonds is 2. The minimum atomic E-state index is 0.0145.